The zero-order valence-electron chi connectivity index (χ0n) is 21.1. The number of benzene rings is 3. The van der Waals surface area contributed by atoms with Gasteiger partial charge in [0.1, 0.15) is 30.0 Å². The van der Waals surface area contributed by atoms with Crippen LogP contribution in [-0.4, -0.2) is 50.6 Å². The maximum absolute atomic E-state index is 14.1. The molecular weight excluding hydrogens is 489 g/mol. The summed E-state index contributed by atoms with van der Waals surface area (Å²) in [6.07, 6.45) is 1.63. The van der Waals surface area contributed by atoms with E-state index in [0.717, 1.165) is 0 Å². The molecule has 0 aliphatic carbocycles. The van der Waals surface area contributed by atoms with Crippen molar-refractivity contribution < 1.29 is 28.2 Å². The van der Waals surface area contributed by atoms with Crippen molar-refractivity contribution in [3.05, 3.63) is 83.7 Å². The van der Waals surface area contributed by atoms with Gasteiger partial charge in [-0.1, -0.05) is 30.3 Å². The number of amides is 3. The minimum absolute atomic E-state index is 0.122. The number of halogens is 1. The molecule has 1 aliphatic rings. The fraction of sp³-hybridized carbons (Fsp3) is 0.276. The minimum atomic E-state index is -0.764. The molecular formula is C29H30FN3O5. The first-order chi connectivity index (χ1) is 18.5. The van der Waals surface area contributed by atoms with Gasteiger partial charge in [-0.25, -0.2) is 4.39 Å². The second-order valence-corrected chi connectivity index (χ2v) is 8.84. The van der Waals surface area contributed by atoms with E-state index in [9.17, 15) is 18.8 Å². The second-order valence-electron chi connectivity index (χ2n) is 8.84. The Morgan fingerprint density at radius 3 is 2.53 bits per heavy atom. The molecule has 8 nitrogen and oxygen atoms in total. The van der Waals surface area contributed by atoms with Crippen LogP contribution in [0.2, 0.25) is 0 Å². The Labute approximate surface area is 220 Å². The third-order valence-electron chi connectivity index (χ3n) is 6.25. The molecule has 0 spiro atoms. The van der Waals surface area contributed by atoms with E-state index in [2.05, 4.69) is 16.0 Å². The summed E-state index contributed by atoms with van der Waals surface area (Å²) in [6.45, 7) is 0.711. The van der Waals surface area contributed by atoms with Crippen molar-refractivity contribution in [2.24, 2.45) is 0 Å². The van der Waals surface area contributed by atoms with Gasteiger partial charge in [-0.15, -0.1) is 0 Å². The van der Waals surface area contributed by atoms with Crippen LogP contribution < -0.4 is 25.4 Å². The summed E-state index contributed by atoms with van der Waals surface area (Å²) in [4.78, 5) is 38.5. The smallest absolute Gasteiger partial charge is 0.255 e. The van der Waals surface area contributed by atoms with Crippen LogP contribution in [0.25, 0.3) is 11.1 Å². The van der Waals surface area contributed by atoms with Crippen LogP contribution in [0, 0.1) is 5.82 Å². The van der Waals surface area contributed by atoms with Gasteiger partial charge < -0.3 is 25.4 Å². The second kappa shape index (κ2) is 12.7. The number of hydrogen-bond donors (Lipinski definition) is 3. The lowest BCUT2D eigenvalue weighted by Crippen LogP contribution is -2.47. The van der Waals surface area contributed by atoms with E-state index in [-0.39, 0.29) is 30.8 Å². The maximum Gasteiger partial charge on any atom is 0.255 e. The quantitative estimate of drug-likeness (QED) is 0.488. The molecule has 0 fully saturated rings. The van der Waals surface area contributed by atoms with Gasteiger partial charge in [-0.05, 0) is 55.2 Å². The van der Waals surface area contributed by atoms with Gasteiger partial charge in [0.2, 0.25) is 5.91 Å². The molecule has 9 heteroatoms. The van der Waals surface area contributed by atoms with Crippen molar-refractivity contribution in [3.8, 4) is 22.6 Å². The maximum atomic E-state index is 14.1. The van der Waals surface area contributed by atoms with Gasteiger partial charge in [-0.3, -0.25) is 14.4 Å². The fourth-order valence-corrected chi connectivity index (χ4v) is 4.17. The number of carbonyl (C=O) groups excluding carboxylic acids is 3. The highest BCUT2D eigenvalue weighted by Gasteiger charge is 2.22. The Bertz CT molecular complexity index is 1300. The zero-order valence-corrected chi connectivity index (χ0v) is 21.1. The molecule has 1 atom stereocenters. The molecule has 0 saturated carbocycles. The Morgan fingerprint density at radius 2 is 1.76 bits per heavy atom. The highest BCUT2D eigenvalue weighted by Crippen LogP contribution is 2.25. The van der Waals surface area contributed by atoms with Crippen molar-refractivity contribution in [1.29, 1.82) is 0 Å². The summed E-state index contributed by atoms with van der Waals surface area (Å²) in [7, 11) is 1.52. The average Bonchev–Trinajstić information content (AvgIpc) is 2.94. The van der Waals surface area contributed by atoms with Crippen LogP contribution >= 0.6 is 0 Å². The number of nitrogens with one attached hydrogen (secondary N) is 3. The van der Waals surface area contributed by atoms with Gasteiger partial charge in [0.25, 0.3) is 11.8 Å². The molecule has 0 aromatic heterocycles. The number of methoxy groups -OCH3 is 1. The first-order valence-corrected chi connectivity index (χ1v) is 12.5. The van der Waals surface area contributed by atoms with Gasteiger partial charge >= 0.3 is 0 Å². The lowest BCUT2D eigenvalue weighted by molar-refractivity contribution is -0.123. The van der Waals surface area contributed by atoms with Gasteiger partial charge in [0.15, 0.2) is 0 Å². The number of carbonyl (C=O) groups is 3. The van der Waals surface area contributed by atoms with Crippen molar-refractivity contribution >= 4 is 17.7 Å². The number of fused-ring (bicyclic) bond motifs is 1. The van der Waals surface area contributed by atoms with Crippen molar-refractivity contribution in [2.75, 3.05) is 26.8 Å². The summed E-state index contributed by atoms with van der Waals surface area (Å²) in [5, 5.41) is 8.48. The van der Waals surface area contributed by atoms with E-state index in [1.165, 1.54) is 13.2 Å². The van der Waals surface area contributed by atoms with E-state index in [1.807, 2.05) is 0 Å². The predicted molar refractivity (Wildman–Crippen MR) is 141 cm³/mol. The van der Waals surface area contributed by atoms with Crippen LogP contribution in [-0.2, 0) is 4.79 Å². The molecule has 1 heterocycles. The highest BCUT2D eigenvalue weighted by atomic mass is 19.1. The third-order valence-corrected chi connectivity index (χ3v) is 6.25. The molecule has 0 saturated heterocycles. The molecule has 3 N–H and O–H groups in total. The topological polar surface area (TPSA) is 106 Å². The molecule has 0 radical (unpaired) electrons. The number of ether oxygens (including phenoxy) is 2. The zero-order chi connectivity index (χ0) is 26.9. The van der Waals surface area contributed by atoms with Gasteiger partial charge in [0.05, 0.1) is 19.2 Å². The van der Waals surface area contributed by atoms with Crippen LogP contribution in [0.15, 0.2) is 66.7 Å². The normalized spacial score (nSPS) is 16.6. The first kappa shape index (κ1) is 26.7. The van der Waals surface area contributed by atoms with Crippen LogP contribution in [0.4, 0.5) is 4.39 Å². The van der Waals surface area contributed by atoms with E-state index in [4.69, 9.17) is 9.47 Å². The van der Waals surface area contributed by atoms with Gasteiger partial charge in [0, 0.05) is 23.7 Å². The lowest BCUT2D eigenvalue weighted by Gasteiger charge is -2.20. The van der Waals surface area contributed by atoms with E-state index in [1.54, 1.807) is 60.7 Å². The van der Waals surface area contributed by atoms with Gasteiger partial charge in [-0.2, -0.15) is 0 Å². The molecule has 3 aromatic carbocycles. The van der Waals surface area contributed by atoms with E-state index < -0.39 is 11.9 Å². The Kier molecular flexibility index (Phi) is 8.92. The summed E-state index contributed by atoms with van der Waals surface area (Å²) in [5.41, 5.74) is 1.84. The molecule has 0 unspecified atom stereocenters. The Morgan fingerprint density at radius 1 is 0.974 bits per heavy atom. The SMILES string of the molecule is COc1ccc2c(c1)OCCNC(=O)[C@@H](NC(=O)c1ccc(-c3ccccc3F)cc1)CCCCNC2=O. The average molecular weight is 520 g/mol. The van der Waals surface area contributed by atoms with Crippen molar-refractivity contribution in [1.82, 2.24) is 16.0 Å². The molecule has 198 valence electrons. The van der Waals surface area contributed by atoms with Crippen molar-refractivity contribution in [3.63, 3.8) is 0 Å². The standard InChI is InChI=1S/C29H30FN3O5/c1-37-21-13-14-23-26(18-21)38-17-16-32-29(36)25(8-4-5-15-31-28(23)35)33-27(34)20-11-9-19(10-12-20)22-6-2-3-7-24(22)30/h2-3,6-7,9-14,18,25H,4-5,8,15-17H2,1H3,(H,31,35)(H,32,36)(H,33,34)/t25-/m0/s1. The highest BCUT2D eigenvalue weighted by molar-refractivity contribution is 5.98. The molecule has 3 amide bonds. The third kappa shape index (κ3) is 6.67. The fourth-order valence-electron chi connectivity index (χ4n) is 4.17. The Balaban J connectivity index is 1.41. The molecule has 0 bridgehead atoms. The van der Waals surface area contributed by atoms with E-state index in [0.29, 0.717) is 59.6 Å². The van der Waals surface area contributed by atoms with Crippen molar-refractivity contribution in [2.45, 2.75) is 25.3 Å². The Hall–Kier alpha value is -4.40. The largest absolute Gasteiger partial charge is 0.497 e. The van der Waals surface area contributed by atoms with Crippen LogP contribution in [0.3, 0.4) is 0 Å². The molecule has 38 heavy (non-hydrogen) atoms. The summed E-state index contributed by atoms with van der Waals surface area (Å²) in [5.74, 6) is -0.423. The monoisotopic (exact) mass is 519 g/mol. The number of rotatable bonds is 4. The lowest BCUT2D eigenvalue weighted by atomic mass is 10.0. The minimum Gasteiger partial charge on any atom is -0.497 e. The predicted octanol–water partition coefficient (Wildman–Crippen LogP) is 3.71. The summed E-state index contributed by atoms with van der Waals surface area (Å²) >= 11 is 0. The summed E-state index contributed by atoms with van der Waals surface area (Å²) in [6, 6.07) is 17.2. The van der Waals surface area contributed by atoms with E-state index >= 15 is 0 Å². The van der Waals surface area contributed by atoms with Crippen LogP contribution in [0.1, 0.15) is 40.0 Å². The molecule has 1 aliphatic heterocycles. The number of hydrogen-bond acceptors (Lipinski definition) is 5. The molecule has 3 aromatic rings. The molecule has 4 rings (SSSR count). The van der Waals surface area contributed by atoms with Crippen LogP contribution in [0.5, 0.6) is 11.5 Å². The summed E-state index contributed by atoms with van der Waals surface area (Å²) < 4.78 is 25.1. The first-order valence-electron chi connectivity index (χ1n) is 12.5.